The molecule has 658 valence electrons. The molecular formula is C82H133N19O17. The zero-order valence-electron chi connectivity index (χ0n) is 73.7. The molecule has 0 bridgehead atoms. The highest BCUT2D eigenvalue weighted by Gasteiger charge is 2.46. The van der Waals surface area contributed by atoms with E-state index in [1.165, 1.54) is 99.8 Å². The number of aromatic nitrogens is 4. The van der Waals surface area contributed by atoms with Gasteiger partial charge in [-0.1, -0.05) is 109 Å². The number of nitrogens with two attached hydrogens (primary N) is 2. The summed E-state index contributed by atoms with van der Waals surface area (Å²) in [6, 6.07) is -7.17. The topological polar surface area (TPSA) is 489 Å². The van der Waals surface area contributed by atoms with E-state index in [-0.39, 0.29) is 85.9 Å². The second-order valence-corrected chi connectivity index (χ2v) is 33.3. The molecule has 1 fully saturated rings. The Bertz CT molecular complexity index is 4010. The van der Waals surface area contributed by atoms with Gasteiger partial charge in [0.05, 0.1) is 31.1 Å². The van der Waals surface area contributed by atoms with Crippen LogP contribution in [0.1, 0.15) is 185 Å². The highest BCUT2D eigenvalue weighted by Crippen LogP contribution is 2.27. The zero-order chi connectivity index (χ0) is 90.1. The number of nitrogens with one attached hydrogen (secondary N) is 5. The molecule has 4 rings (SSSR count). The molecule has 36 nitrogen and oxygen atoms in total. The molecule has 0 spiro atoms. The van der Waals surface area contributed by atoms with Gasteiger partial charge in [0.25, 0.3) is 5.91 Å². The van der Waals surface area contributed by atoms with Crippen LogP contribution in [0.5, 0.6) is 0 Å². The van der Waals surface area contributed by atoms with E-state index in [0.717, 1.165) is 15.5 Å². The van der Waals surface area contributed by atoms with Crippen LogP contribution >= 0.6 is 0 Å². The fourth-order valence-corrected chi connectivity index (χ4v) is 13.7. The lowest BCUT2D eigenvalue weighted by Gasteiger charge is -2.41. The number of carboxylic acid groups (broad SMARTS) is 2. The minimum Gasteiger partial charge on any atom is -0.481 e. The maximum Gasteiger partial charge on any atom is 0.326 e. The lowest BCUT2D eigenvalue weighted by Crippen LogP contribution is -2.63. The van der Waals surface area contributed by atoms with E-state index < -0.39 is 180 Å². The molecule has 12 N–H and O–H groups in total. The SMILES string of the molecule is C/C=C/C[C@@H](C)[C@@H](O)[C@H]1C(=O)N[C@@H](CC)C(=O)N(C)CC(=O)N(C)[C@@H](CC(C)C)C(=O)N[C@@H](C(C)C)C(=O)N(C)[C@@H](CC(C)C)C(=O)N[C@@H](C)C(=O)N[C@H](C)C(=O)N(C)[C@@H](CC(C)C)C(=O)N(C)[C@@H](CC(C)C)C(=O)N(C)[C@@H](C(C)C)C(=O)N1C.CN(Cc1cnc2nc(N)nc(N)c2n1)c1ccc(C(=O)NC(CCC(=O)O)C(=O)O)cc1. The molecule has 2 aromatic heterocycles. The molecule has 3 aromatic rings. The molecule has 13 atom stereocenters. The molecule has 36 heteroatoms. The molecule has 118 heavy (non-hydrogen) atoms. The van der Waals surface area contributed by atoms with Crippen LogP contribution in [-0.4, -0.2) is 288 Å². The fourth-order valence-electron chi connectivity index (χ4n) is 13.7. The molecule has 0 aliphatic carbocycles. The molecule has 1 aromatic carbocycles. The van der Waals surface area contributed by atoms with Crippen molar-refractivity contribution in [2.75, 3.05) is 79.3 Å². The van der Waals surface area contributed by atoms with Gasteiger partial charge in [0.2, 0.25) is 70.9 Å². The second kappa shape index (κ2) is 46.5. The van der Waals surface area contributed by atoms with E-state index in [9.17, 15) is 67.7 Å². The van der Waals surface area contributed by atoms with Crippen LogP contribution in [0.4, 0.5) is 17.5 Å². The Morgan fingerprint density at radius 3 is 1.58 bits per heavy atom. The lowest BCUT2D eigenvalue weighted by atomic mass is 9.91. The van der Waals surface area contributed by atoms with Crippen LogP contribution in [0.15, 0.2) is 42.6 Å². The third kappa shape index (κ3) is 28.8. The van der Waals surface area contributed by atoms with Crippen molar-refractivity contribution in [1.29, 1.82) is 0 Å². The average Bonchev–Trinajstić information content (AvgIpc) is 0.800. The highest BCUT2D eigenvalue weighted by atomic mass is 16.4. The van der Waals surface area contributed by atoms with Crippen LogP contribution in [-0.2, 0) is 68.9 Å². The standard InChI is InChI=1S/C62H111N11O12.C20H22N8O5/c1-25-27-28-40(15)52(75)51-56(79)65-43(26-2)58(81)67(18)33-48(74)68(19)44(29-34(3)4)55(78)66-49(38(11)12)61(84)69(20)45(30-35(5)6)54(77)63-41(16)53(76)64-42(17)57(80)70(21)46(31-36(7)8)59(82)71(22)47(32-37(9)10)60(83)72(23)50(39(13)14)62(85)73(51)24;1-28(9-11-8-23-17-15(24-11)16(21)26-20(22)27-17)12-4-2-10(3-5-12)18(31)25-13(19(32)33)6-7-14(29)30/h25,27,34-47,49-52,75H,26,28-33H2,1-24H3,(H,63,77)(H,64,76)(H,65,79)(H,66,78);2-5,8,13H,6-7,9H2,1H3,(H,25,31)(H,29,30)(H,32,33)(H4,21,22,23,26,27)/b27-25+;/t40-,41+,42-,43+,44+,45+,46+,47+,49+,50+,51+,52-;/m1./s1. The number of fused-ring (bicyclic) bond motifs is 1. The van der Waals surface area contributed by atoms with Gasteiger partial charge in [0.15, 0.2) is 17.0 Å². The van der Waals surface area contributed by atoms with Gasteiger partial charge in [-0.2, -0.15) is 9.97 Å². The Morgan fingerprint density at radius 2 is 1.08 bits per heavy atom. The Hall–Kier alpha value is -10.7. The summed E-state index contributed by atoms with van der Waals surface area (Å²) in [7, 11) is 11.7. The van der Waals surface area contributed by atoms with Crippen molar-refractivity contribution in [3.05, 3.63) is 53.9 Å². The first-order chi connectivity index (χ1) is 54.8. The number of rotatable bonds is 24. The number of allylic oxidation sites excluding steroid dienone is 2. The van der Waals surface area contributed by atoms with Crippen LogP contribution in [0, 0.1) is 41.4 Å². The van der Waals surface area contributed by atoms with Crippen molar-refractivity contribution >= 4 is 111 Å². The normalized spacial score (nSPS) is 22.6. The summed E-state index contributed by atoms with van der Waals surface area (Å²) in [6.07, 6.45) is 4.01. The first-order valence-electron chi connectivity index (χ1n) is 40.3. The molecule has 1 aliphatic heterocycles. The Labute approximate surface area is 694 Å². The smallest absolute Gasteiger partial charge is 0.326 e. The lowest BCUT2D eigenvalue weighted by molar-refractivity contribution is -0.157. The van der Waals surface area contributed by atoms with E-state index in [2.05, 4.69) is 46.5 Å². The van der Waals surface area contributed by atoms with Crippen molar-refractivity contribution in [2.45, 2.75) is 248 Å². The van der Waals surface area contributed by atoms with E-state index in [1.807, 2.05) is 73.4 Å². The van der Waals surface area contributed by atoms with E-state index in [4.69, 9.17) is 16.6 Å². The number of likely N-dealkylation sites (N-methyl/N-ethyl adjacent to an activating group) is 7. The summed E-state index contributed by atoms with van der Waals surface area (Å²) in [5, 5.41) is 43.3. The van der Waals surface area contributed by atoms with Crippen LogP contribution < -0.4 is 43.0 Å². The number of aliphatic carboxylic acids is 2. The highest BCUT2D eigenvalue weighted by molar-refractivity contribution is 6.00. The number of amides is 12. The largest absolute Gasteiger partial charge is 0.481 e. The van der Waals surface area contributed by atoms with Gasteiger partial charge < -0.3 is 92.6 Å². The monoisotopic (exact) mass is 1660 g/mol. The van der Waals surface area contributed by atoms with Crippen LogP contribution in [0.2, 0.25) is 0 Å². The number of carbonyl (C=O) groups excluding carboxylic acids is 12. The van der Waals surface area contributed by atoms with Gasteiger partial charge in [0, 0.05) is 74.1 Å². The summed E-state index contributed by atoms with van der Waals surface area (Å²) >= 11 is 0. The van der Waals surface area contributed by atoms with Crippen LogP contribution in [0.25, 0.3) is 11.2 Å². The molecule has 0 radical (unpaired) electrons. The van der Waals surface area contributed by atoms with E-state index >= 15 is 9.59 Å². The van der Waals surface area contributed by atoms with Crippen molar-refractivity contribution in [3.63, 3.8) is 0 Å². The maximum absolute atomic E-state index is 15.1. The Morgan fingerprint density at radius 1 is 0.585 bits per heavy atom. The predicted octanol–water partition coefficient (Wildman–Crippen LogP) is 3.54. The molecule has 1 saturated heterocycles. The van der Waals surface area contributed by atoms with E-state index in [0.29, 0.717) is 29.8 Å². The summed E-state index contributed by atoms with van der Waals surface area (Å²) in [5.41, 5.74) is 13.7. The van der Waals surface area contributed by atoms with Gasteiger partial charge in [-0.3, -0.25) is 62.3 Å². The van der Waals surface area contributed by atoms with Crippen molar-refractivity contribution < 1.29 is 82.4 Å². The molecule has 0 saturated carbocycles. The Balaban J connectivity index is 0.000000896. The van der Waals surface area contributed by atoms with Crippen molar-refractivity contribution in [3.8, 4) is 0 Å². The first-order valence-corrected chi connectivity index (χ1v) is 40.3. The minimum atomic E-state index is -1.61. The van der Waals surface area contributed by atoms with Gasteiger partial charge in [-0.25, -0.2) is 14.8 Å². The number of aliphatic hydroxyl groups is 1. The number of hydrogen-bond donors (Lipinski definition) is 10. The van der Waals surface area contributed by atoms with Gasteiger partial charge >= 0.3 is 11.9 Å². The number of hydrogen-bond acceptors (Lipinski definition) is 22. The summed E-state index contributed by atoms with van der Waals surface area (Å²) < 4.78 is 0. The molecule has 3 heterocycles. The number of nitrogens with zero attached hydrogens (tertiary/aromatic N) is 12. The summed E-state index contributed by atoms with van der Waals surface area (Å²) in [6.45, 7) is 29.7. The molecule has 12 amide bonds. The van der Waals surface area contributed by atoms with Gasteiger partial charge in [0.1, 0.15) is 66.5 Å². The van der Waals surface area contributed by atoms with E-state index in [1.54, 1.807) is 72.9 Å². The molecule has 1 aliphatic rings. The predicted molar refractivity (Wildman–Crippen MR) is 447 cm³/mol. The average molecular weight is 1660 g/mol. The number of aliphatic hydroxyl groups excluding tert-OH is 1. The number of nitrogen functional groups attached to an aromatic ring is 2. The Kier molecular flexibility index (Phi) is 40.0. The number of anilines is 3. The van der Waals surface area contributed by atoms with Crippen molar-refractivity contribution in [1.82, 2.24) is 80.8 Å². The summed E-state index contributed by atoms with van der Waals surface area (Å²) in [4.78, 5) is 221. The fraction of sp³-hybridized carbons (Fsp3) is 0.659. The number of benzene rings is 1. The molecular weight excluding hydrogens is 1520 g/mol. The van der Waals surface area contributed by atoms with Crippen molar-refractivity contribution in [2.24, 2.45) is 41.4 Å². The number of carbonyl (C=O) groups is 14. The minimum absolute atomic E-state index is 0.0138. The van der Waals surface area contributed by atoms with Gasteiger partial charge in [-0.15, -0.1) is 0 Å². The quantitative estimate of drug-likeness (QED) is 0.0573. The second-order valence-electron chi connectivity index (χ2n) is 33.3. The summed E-state index contributed by atoms with van der Waals surface area (Å²) in [5.74, 6) is -12.6. The molecule has 1 unspecified atom stereocenters. The maximum atomic E-state index is 15.1. The van der Waals surface area contributed by atoms with Crippen LogP contribution in [0.3, 0.4) is 0 Å². The first kappa shape index (κ1) is 102. The van der Waals surface area contributed by atoms with Gasteiger partial charge in [-0.05, 0) is 131 Å². The third-order valence-electron chi connectivity index (χ3n) is 20.8. The number of carboxylic acids is 2. The third-order valence-corrected chi connectivity index (χ3v) is 20.8. The zero-order valence-corrected chi connectivity index (χ0v) is 73.7.